The first-order chi connectivity index (χ1) is 9.34. The number of carbonyl (C=O) groups is 2. The first-order valence-electron chi connectivity index (χ1n) is 6.34. The molecule has 0 aromatic heterocycles. The Hall–Kier alpha value is -1.43. The van der Waals surface area contributed by atoms with E-state index in [0.29, 0.717) is 17.3 Å². The van der Waals surface area contributed by atoms with Gasteiger partial charge in [-0.1, -0.05) is 22.4 Å². The highest BCUT2D eigenvalue weighted by molar-refractivity contribution is 9.10. The van der Waals surface area contributed by atoms with Gasteiger partial charge in [-0.3, -0.25) is 9.59 Å². The molecule has 4 nitrogen and oxygen atoms in total. The number of aliphatic carboxylic acids is 1. The van der Waals surface area contributed by atoms with Crippen LogP contribution in [-0.4, -0.2) is 23.0 Å². The van der Waals surface area contributed by atoms with Gasteiger partial charge in [0.05, 0.1) is 11.0 Å². The van der Waals surface area contributed by atoms with E-state index in [1.165, 1.54) is 18.2 Å². The van der Waals surface area contributed by atoms with Crippen LogP contribution in [0.15, 0.2) is 22.7 Å². The van der Waals surface area contributed by atoms with Crippen LogP contribution >= 0.6 is 15.9 Å². The van der Waals surface area contributed by atoms with Gasteiger partial charge in [0.2, 0.25) is 0 Å². The van der Waals surface area contributed by atoms with E-state index < -0.39 is 29.2 Å². The minimum Gasteiger partial charge on any atom is -0.481 e. The number of hydrogen-bond acceptors (Lipinski definition) is 2. The molecule has 1 aromatic carbocycles. The van der Waals surface area contributed by atoms with Crippen LogP contribution in [0.1, 0.15) is 36.5 Å². The maximum absolute atomic E-state index is 13.6. The first-order valence-corrected chi connectivity index (χ1v) is 7.13. The molecule has 108 valence electrons. The summed E-state index contributed by atoms with van der Waals surface area (Å²) < 4.78 is 14.2. The Morgan fingerprint density at radius 1 is 1.50 bits per heavy atom. The maximum Gasteiger partial charge on any atom is 0.311 e. The maximum atomic E-state index is 13.6. The van der Waals surface area contributed by atoms with Crippen molar-refractivity contribution in [3.8, 4) is 0 Å². The minimum atomic E-state index is -0.988. The van der Waals surface area contributed by atoms with Crippen molar-refractivity contribution >= 4 is 27.8 Å². The van der Waals surface area contributed by atoms with Crippen molar-refractivity contribution in [2.75, 3.05) is 0 Å². The number of carboxylic acid groups (broad SMARTS) is 1. The van der Waals surface area contributed by atoms with Crippen molar-refractivity contribution in [2.24, 2.45) is 5.41 Å². The fourth-order valence-electron chi connectivity index (χ4n) is 2.56. The van der Waals surface area contributed by atoms with Gasteiger partial charge in [-0.15, -0.1) is 0 Å². The number of rotatable bonds is 3. The van der Waals surface area contributed by atoms with E-state index in [0.717, 1.165) is 6.42 Å². The molecular formula is C14H15BrFNO3. The molecule has 2 N–H and O–H groups in total. The van der Waals surface area contributed by atoms with E-state index in [9.17, 15) is 19.1 Å². The van der Waals surface area contributed by atoms with Crippen LogP contribution in [0, 0.1) is 11.2 Å². The third-order valence-electron chi connectivity index (χ3n) is 3.92. The van der Waals surface area contributed by atoms with Crippen molar-refractivity contribution < 1.29 is 19.1 Å². The SMILES string of the molecule is CC1(C(=O)O)CCCC1NC(=O)c1cc(Br)ccc1F. The third kappa shape index (κ3) is 2.70. The lowest BCUT2D eigenvalue weighted by molar-refractivity contribution is -0.148. The normalized spacial score (nSPS) is 25.4. The van der Waals surface area contributed by atoms with Gasteiger partial charge >= 0.3 is 5.97 Å². The van der Waals surface area contributed by atoms with Crippen molar-refractivity contribution in [3.05, 3.63) is 34.1 Å². The number of nitrogens with one attached hydrogen (secondary N) is 1. The van der Waals surface area contributed by atoms with Crippen LogP contribution in [0.25, 0.3) is 0 Å². The molecule has 20 heavy (non-hydrogen) atoms. The zero-order valence-electron chi connectivity index (χ0n) is 11.0. The van der Waals surface area contributed by atoms with E-state index >= 15 is 0 Å². The number of benzene rings is 1. The molecule has 2 rings (SSSR count). The average molecular weight is 344 g/mol. The molecule has 2 unspecified atom stereocenters. The molecule has 6 heteroatoms. The molecule has 1 saturated carbocycles. The Labute approximate surface area is 124 Å². The zero-order valence-corrected chi connectivity index (χ0v) is 12.5. The Kier molecular flexibility index (Phi) is 4.13. The van der Waals surface area contributed by atoms with Crippen LogP contribution in [0.2, 0.25) is 0 Å². The quantitative estimate of drug-likeness (QED) is 0.886. The average Bonchev–Trinajstić information content (AvgIpc) is 2.75. The molecule has 2 atom stereocenters. The van der Waals surface area contributed by atoms with Gasteiger partial charge in [-0.05, 0) is 38.0 Å². The summed E-state index contributed by atoms with van der Waals surface area (Å²) in [4.78, 5) is 23.5. The number of amides is 1. The van der Waals surface area contributed by atoms with Crippen LogP contribution in [0.4, 0.5) is 4.39 Å². The molecule has 0 bridgehead atoms. The monoisotopic (exact) mass is 343 g/mol. The Morgan fingerprint density at radius 2 is 2.20 bits per heavy atom. The first kappa shape index (κ1) is 15.0. The van der Waals surface area contributed by atoms with Crippen LogP contribution in [0.5, 0.6) is 0 Å². The van der Waals surface area contributed by atoms with Gasteiger partial charge in [0, 0.05) is 10.5 Å². The highest BCUT2D eigenvalue weighted by Crippen LogP contribution is 2.38. The predicted molar refractivity (Wildman–Crippen MR) is 74.9 cm³/mol. The van der Waals surface area contributed by atoms with E-state index in [1.54, 1.807) is 6.92 Å². The lowest BCUT2D eigenvalue weighted by atomic mass is 9.85. The third-order valence-corrected chi connectivity index (χ3v) is 4.42. The van der Waals surface area contributed by atoms with E-state index in [-0.39, 0.29) is 5.56 Å². The van der Waals surface area contributed by atoms with Gasteiger partial charge in [0.1, 0.15) is 5.82 Å². The fraction of sp³-hybridized carbons (Fsp3) is 0.429. The molecule has 0 heterocycles. The van der Waals surface area contributed by atoms with Gasteiger partial charge in [0.15, 0.2) is 0 Å². The standard InChI is InChI=1S/C14H15BrFNO3/c1-14(13(19)20)6-2-3-11(14)17-12(18)9-7-8(15)4-5-10(9)16/h4-5,7,11H,2-3,6H2,1H3,(H,17,18)(H,19,20). The summed E-state index contributed by atoms with van der Waals surface area (Å²) in [6, 6.07) is 3.61. The minimum absolute atomic E-state index is 0.0842. The molecule has 1 aliphatic carbocycles. The number of halogens is 2. The van der Waals surface area contributed by atoms with Crippen LogP contribution < -0.4 is 5.32 Å². The molecule has 0 spiro atoms. The van der Waals surface area contributed by atoms with Crippen molar-refractivity contribution in [3.63, 3.8) is 0 Å². The summed E-state index contributed by atoms with van der Waals surface area (Å²) in [5, 5.41) is 11.9. The highest BCUT2D eigenvalue weighted by Gasteiger charge is 2.46. The topological polar surface area (TPSA) is 66.4 Å². The van der Waals surface area contributed by atoms with Crippen molar-refractivity contribution in [1.29, 1.82) is 0 Å². The molecule has 0 saturated heterocycles. The summed E-state index contributed by atoms with van der Waals surface area (Å²) in [6.07, 6.45) is 1.83. The summed E-state index contributed by atoms with van der Waals surface area (Å²) in [5.74, 6) is -2.14. The molecule has 1 aromatic rings. The second kappa shape index (κ2) is 5.52. The van der Waals surface area contributed by atoms with Crippen molar-refractivity contribution in [2.45, 2.75) is 32.2 Å². The van der Waals surface area contributed by atoms with Gasteiger partial charge in [-0.2, -0.15) is 0 Å². The summed E-state index contributed by atoms with van der Waals surface area (Å²) in [5.41, 5.74) is -1.07. The number of hydrogen-bond donors (Lipinski definition) is 2. The molecule has 0 radical (unpaired) electrons. The summed E-state index contributed by atoms with van der Waals surface area (Å²) >= 11 is 3.18. The Balaban J connectivity index is 2.19. The van der Waals surface area contributed by atoms with Crippen molar-refractivity contribution in [1.82, 2.24) is 5.32 Å². The number of carbonyl (C=O) groups excluding carboxylic acids is 1. The van der Waals surface area contributed by atoms with Gasteiger partial charge < -0.3 is 10.4 Å². The Bertz CT molecular complexity index is 563. The van der Waals surface area contributed by atoms with Crippen LogP contribution in [0.3, 0.4) is 0 Å². The lowest BCUT2D eigenvalue weighted by Gasteiger charge is -2.27. The largest absolute Gasteiger partial charge is 0.481 e. The second-order valence-electron chi connectivity index (χ2n) is 5.27. The molecule has 1 fully saturated rings. The van der Waals surface area contributed by atoms with Crippen LogP contribution in [-0.2, 0) is 4.79 Å². The molecular weight excluding hydrogens is 329 g/mol. The predicted octanol–water partition coefficient (Wildman–Crippen LogP) is 2.96. The zero-order chi connectivity index (χ0) is 14.9. The summed E-state index contributed by atoms with van der Waals surface area (Å²) in [7, 11) is 0. The second-order valence-corrected chi connectivity index (χ2v) is 6.18. The fourth-order valence-corrected chi connectivity index (χ4v) is 2.92. The van der Waals surface area contributed by atoms with Gasteiger partial charge in [0.25, 0.3) is 5.91 Å². The van der Waals surface area contributed by atoms with E-state index in [4.69, 9.17) is 0 Å². The Morgan fingerprint density at radius 3 is 2.85 bits per heavy atom. The molecule has 0 aliphatic heterocycles. The van der Waals surface area contributed by atoms with E-state index in [1.807, 2.05) is 0 Å². The molecule has 1 aliphatic rings. The summed E-state index contributed by atoms with van der Waals surface area (Å²) in [6.45, 7) is 1.62. The highest BCUT2D eigenvalue weighted by atomic mass is 79.9. The smallest absolute Gasteiger partial charge is 0.311 e. The lowest BCUT2D eigenvalue weighted by Crippen LogP contribution is -2.47. The van der Waals surface area contributed by atoms with E-state index in [2.05, 4.69) is 21.2 Å². The number of carboxylic acids is 1. The van der Waals surface area contributed by atoms with Gasteiger partial charge in [-0.25, -0.2) is 4.39 Å². The molecule has 1 amide bonds.